The number of benzene rings is 1. The highest BCUT2D eigenvalue weighted by atomic mass is 32.2. The lowest BCUT2D eigenvalue weighted by Gasteiger charge is -2.06. The Labute approximate surface area is 103 Å². The monoisotopic (exact) mass is 257 g/mol. The van der Waals surface area contributed by atoms with Crippen molar-refractivity contribution in [3.8, 4) is 0 Å². The van der Waals surface area contributed by atoms with Gasteiger partial charge in [0.1, 0.15) is 0 Å². The Morgan fingerprint density at radius 2 is 1.94 bits per heavy atom. The number of nitrogen functional groups attached to an aromatic ring is 1. The van der Waals surface area contributed by atoms with Gasteiger partial charge >= 0.3 is 0 Å². The van der Waals surface area contributed by atoms with Gasteiger partial charge in [-0.2, -0.15) is 0 Å². The van der Waals surface area contributed by atoms with Gasteiger partial charge in [0, 0.05) is 11.4 Å². The number of rotatable bonds is 7. The van der Waals surface area contributed by atoms with Crippen LogP contribution in [0.1, 0.15) is 12.5 Å². The van der Waals surface area contributed by atoms with Crippen molar-refractivity contribution >= 4 is 15.5 Å². The molecule has 1 aromatic carbocycles. The van der Waals surface area contributed by atoms with Gasteiger partial charge in [-0.25, -0.2) is 8.42 Å². The van der Waals surface area contributed by atoms with Gasteiger partial charge in [0.15, 0.2) is 9.84 Å². The number of ether oxygens (including phenoxy) is 1. The summed E-state index contributed by atoms with van der Waals surface area (Å²) in [6.45, 7) is 2.39. The minimum atomic E-state index is -2.92. The third-order valence-corrected chi connectivity index (χ3v) is 4.22. The number of hydrogen-bond donors (Lipinski definition) is 1. The Bertz CT molecular complexity index is 443. The zero-order valence-corrected chi connectivity index (χ0v) is 10.9. The molecule has 17 heavy (non-hydrogen) atoms. The number of sulfone groups is 1. The van der Waals surface area contributed by atoms with Crippen molar-refractivity contribution in [2.45, 2.75) is 13.3 Å². The lowest BCUT2D eigenvalue weighted by atomic mass is 10.1. The Morgan fingerprint density at radius 1 is 1.24 bits per heavy atom. The fraction of sp³-hybridized carbons (Fsp3) is 0.500. The summed E-state index contributed by atoms with van der Waals surface area (Å²) in [5.74, 6) is 0.260. The summed E-state index contributed by atoms with van der Waals surface area (Å²) in [7, 11) is -2.92. The van der Waals surface area contributed by atoms with Crippen LogP contribution in [-0.2, 0) is 21.0 Å². The standard InChI is InChI=1S/C12H19NO3S/c1-2-17(14,15)10-9-16-8-7-11-5-3-4-6-12(11)13/h3-6H,2,7-10,13H2,1H3. The van der Waals surface area contributed by atoms with Gasteiger partial charge in [-0.05, 0) is 18.1 Å². The predicted octanol–water partition coefficient (Wildman–Crippen LogP) is 1.26. The van der Waals surface area contributed by atoms with E-state index in [1.807, 2.05) is 24.3 Å². The molecule has 2 N–H and O–H groups in total. The van der Waals surface area contributed by atoms with Gasteiger partial charge in [0.2, 0.25) is 0 Å². The fourth-order valence-electron chi connectivity index (χ4n) is 1.38. The second-order valence-electron chi connectivity index (χ2n) is 3.80. The molecule has 0 fully saturated rings. The van der Waals surface area contributed by atoms with E-state index in [4.69, 9.17) is 10.5 Å². The minimum absolute atomic E-state index is 0.0910. The molecule has 0 saturated heterocycles. The molecular formula is C12H19NO3S. The lowest BCUT2D eigenvalue weighted by molar-refractivity contribution is 0.152. The van der Waals surface area contributed by atoms with Gasteiger partial charge in [-0.15, -0.1) is 0 Å². The zero-order valence-electron chi connectivity index (χ0n) is 10.1. The third-order valence-electron chi connectivity index (χ3n) is 2.55. The summed E-state index contributed by atoms with van der Waals surface area (Å²) in [4.78, 5) is 0. The van der Waals surface area contributed by atoms with Gasteiger partial charge < -0.3 is 10.5 Å². The fourth-order valence-corrected chi connectivity index (χ4v) is 2.04. The molecule has 0 atom stereocenters. The predicted molar refractivity (Wildman–Crippen MR) is 69.7 cm³/mol. The van der Waals surface area contributed by atoms with Crippen LogP contribution in [0, 0.1) is 0 Å². The molecule has 0 saturated carbocycles. The van der Waals surface area contributed by atoms with E-state index in [-0.39, 0.29) is 18.1 Å². The SMILES string of the molecule is CCS(=O)(=O)CCOCCc1ccccc1N. The second kappa shape index (κ2) is 6.61. The maximum atomic E-state index is 11.2. The first-order chi connectivity index (χ1) is 8.05. The highest BCUT2D eigenvalue weighted by molar-refractivity contribution is 7.91. The molecule has 0 bridgehead atoms. The molecule has 0 heterocycles. The number of anilines is 1. The van der Waals surface area contributed by atoms with E-state index in [0.29, 0.717) is 13.0 Å². The summed E-state index contributed by atoms with van der Waals surface area (Å²) in [5.41, 5.74) is 7.56. The minimum Gasteiger partial charge on any atom is -0.399 e. The Kier molecular flexibility index (Phi) is 5.44. The average Bonchev–Trinajstić information content (AvgIpc) is 2.31. The van der Waals surface area contributed by atoms with Crippen LogP contribution in [0.2, 0.25) is 0 Å². The first-order valence-corrected chi connectivity index (χ1v) is 7.49. The second-order valence-corrected chi connectivity index (χ2v) is 6.27. The maximum absolute atomic E-state index is 11.2. The van der Waals surface area contributed by atoms with Crippen LogP contribution < -0.4 is 5.73 Å². The van der Waals surface area contributed by atoms with E-state index in [1.54, 1.807) is 6.92 Å². The van der Waals surface area contributed by atoms with Crippen molar-refractivity contribution in [2.75, 3.05) is 30.5 Å². The Balaban J connectivity index is 2.24. The van der Waals surface area contributed by atoms with Crippen LogP contribution in [0.3, 0.4) is 0 Å². The maximum Gasteiger partial charge on any atom is 0.152 e. The average molecular weight is 257 g/mol. The molecule has 0 amide bonds. The number of nitrogens with two attached hydrogens (primary N) is 1. The van der Waals surface area contributed by atoms with E-state index >= 15 is 0 Å². The van der Waals surface area contributed by atoms with Crippen LogP contribution in [-0.4, -0.2) is 33.1 Å². The van der Waals surface area contributed by atoms with Crippen molar-refractivity contribution in [1.29, 1.82) is 0 Å². The molecule has 0 aliphatic heterocycles. The van der Waals surface area contributed by atoms with Crippen LogP contribution in [0.25, 0.3) is 0 Å². The van der Waals surface area contributed by atoms with E-state index in [1.165, 1.54) is 0 Å². The Morgan fingerprint density at radius 3 is 2.59 bits per heavy atom. The number of hydrogen-bond acceptors (Lipinski definition) is 4. The van der Waals surface area contributed by atoms with Crippen LogP contribution in [0.5, 0.6) is 0 Å². The summed E-state index contributed by atoms with van der Waals surface area (Å²) in [5, 5.41) is 0. The van der Waals surface area contributed by atoms with Crippen molar-refractivity contribution in [2.24, 2.45) is 0 Å². The third kappa shape index (κ3) is 5.19. The van der Waals surface area contributed by atoms with Crippen LogP contribution in [0.4, 0.5) is 5.69 Å². The smallest absolute Gasteiger partial charge is 0.152 e. The van der Waals surface area contributed by atoms with Crippen LogP contribution in [0.15, 0.2) is 24.3 Å². The molecule has 1 rings (SSSR count). The molecule has 0 aromatic heterocycles. The molecule has 96 valence electrons. The van der Waals surface area contributed by atoms with Crippen molar-refractivity contribution in [3.05, 3.63) is 29.8 Å². The molecule has 0 radical (unpaired) electrons. The highest BCUT2D eigenvalue weighted by Crippen LogP contribution is 2.10. The largest absolute Gasteiger partial charge is 0.399 e. The van der Waals surface area contributed by atoms with Gasteiger partial charge in [-0.1, -0.05) is 25.1 Å². The topological polar surface area (TPSA) is 69.4 Å². The summed E-state index contributed by atoms with van der Waals surface area (Å²) >= 11 is 0. The van der Waals surface area contributed by atoms with Crippen molar-refractivity contribution in [1.82, 2.24) is 0 Å². The summed E-state index contributed by atoms with van der Waals surface area (Å²) in [6.07, 6.45) is 0.707. The van der Waals surface area contributed by atoms with E-state index in [2.05, 4.69) is 0 Å². The molecule has 4 nitrogen and oxygen atoms in total. The first kappa shape index (κ1) is 14.0. The van der Waals surface area contributed by atoms with E-state index in [9.17, 15) is 8.42 Å². The van der Waals surface area contributed by atoms with Gasteiger partial charge in [0.05, 0.1) is 19.0 Å². The lowest BCUT2D eigenvalue weighted by Crippen LogP contribution is -2.15. The number of para-hydroxylation sites is 1. The van der Waals surface area contributed by atoms with Crippen molar-refractivity contribution < 1.29 is 13.2 Å². The van der Waals surface area contributed by atoms with E-state index in [0.717, 1.165) is 11.3 Å². The molecule has 1 aromatic rings. The molecule has 0 aliphatic rings. The first-order valence-electron chi connectivity index (χ1n) is 5.66. The molecule has 5 heteroatoms. The molecule has 0 aliphatic carbocycles. The quantitative estimate of drug-likeness (QED) is 0.590. The molecular weight excluding hydrogens is 238 g/mol. The zero-order chi connectivity index (χ0) is 12.7. The molecule has 0 unspecified atom stereocenters. The molecule has 0 spiro atoms. The highest BCUT2D eigenvalue weighted by Gasteiger charge is 2.06. The van der Waals surface area contributed by atoms with Crippen LogP contribution >= 0.6 is 0 Å². The van der Waals surface area contributed by atoms with Gasteiger partial charge in [0.25, 0.3) is 0 Å². The normalized spacial score (nSPS) is 11.6. The van der Waals surface area contributed by atoms with E-state index < -0.39 is 9.84 Å². The van der Waals surface area contributed by atoms with Crippen molar-refractivity contribution in [3.63, 3.8) is 0 Å². The van der Waals surface area contributed by atoms with Gasteiger partial charge in [-0.3, -0.25) is 0 Å². The summed E-state index contributed by atoms with van der Waals surface area (Å²) in [6, 6.07) is 7.60. The summed E-state index contributed by atoms with van der Waals surface area (Å²) < 4.78 is 27.7. The Hall–Kier alpha value is -1.07.